The van der Waals surface area contributed by atoms with E-state index in [9.17, 15) is 0 Å². The number of methoxy groups -OCH3 is 6. The lowest BCUT2D eigenvalue weighted by molar-refractivity contribution is 0.321. The largest absolute Gasteiger partial charge is 0.493 e. The lowest BCUT2D eigenvalue weighted by atomic mass is 9.87. The normalized spacial score (nSPS) is 12.2. The van der Waals surface area contributed by atoms with Crippen LogP contribution in [0, 0.1) is 12.2 Å². The van der Waals surface area contributed by atoms with E-state index in [2.05, 4.69) is 12.2 Å². The highest BCUT2D eigenvalue weighted by Crippen LogP contribution is 2.54. The van der Waals surface area contributed by atoms with Crippen molar-refractivity contribution in [3.8, 4) is 45.6 Å². The monoisotopic (exact) mass is 384 g/mol. The van der Waals surface area contributed by atoms with Gasteiger partial charge < -0.3 is 28.4 Å². The van der Waals surface area contributed by atoms with E-state index >= 15 is 0 Å². The maximum absolute atomic E-state index is 5.78. The van der Waals surface area contributed by atoms with E-state index in [1.165, 1.54) is 0 Å². The van der Waals surface area contributed by atoms with E-state index in [0.29, 0.717) is 47.3 Å². The lowest BCUT2D eigenvalue weighted by Gasteiger charge is -2.25. The molecule has 0 saturated heterocycles. The molecular weight excluding hydrogens is 360 g/mol. The Kier molecular flexibility index (Phi) is 5.87. The molecule has 0 fully saturated rings. The van der Waals surface area contributed by atoms with Crippen LogP contribution >= 0.6 is 0 Å². The second-order valence-electron chi connectivity index (χ2n) is 6.07. The third kappa shape index (κ3) is 3.09. The van der Waals surface area contributed by atoms with Crippen molar-refractivity contribution in [1.82, 2.24) is 0 Å². The van der Waals surface area contributed by atoms with Crippen LogP contribution in [0.15, 0.2) is 12.1 Å². The van der Waals surface area contributed by atoms with Crippen LogP contribution in [0.2, 0.25) is 0 Å². The van der Waals surface area contributed by atoms with Gasteiger partial charge in [-0.1, -0.05) is 0 Å². The first kappa shape index (κ1) is 19.7. The van der Waals surface area contributed by atoms with Gasteiger partial charge >= 0.3 is 0 Å². The SMILES string of the molecule is COc1cc2c(c(OC)c1OC)-c1c(cc(OC)c(OC)c1OC)C[C]=[C]C2. The summed E-state index contributed by atoms with van der Waals surface area (Å²) < 4.78 is 33.8. The topological polar surface area (TPSA) is 55.4 Å². The van der Waals surface area contributed by atoms with Gasteiger partial charge in [0.15, 0.2) is 23.0 Å². The second kappa shape index (κ2) is 8.33. The van der Waals surface area contributed by atoms with Gasteiger partial charge in [-0.05, 0) is 48.3 Å². The molecule has 1 aliphatic carbocycles. The fraction of sp³-hybridized carbons (Fsp3) is 0.364. The average Bonchev–Trinajstić information content (AvgIpc) is 2.72. The van der Waals surface area contributed by atoms with Gasteiger partial charge in [-0.15, -0.1) is 0 Å². The van der Waals surface area contributed by atoms with Crippen molar-refractivity contribution in [2.75, 3.05) is 42.7 Å². The van der Waals surface area contributed by atoms with E-state index in [0.717, 1.165) is 22.3 Å². The predicted molar refractivity (Wildman–Crippen MR) is 105 cm³/mol. The van der Waals surface area contributed by atoms with Gasteiger partial charge in [0, 0.05) is 11.1 Å². The molecule has 0 saturated carbocycles. The third-order valence-corrected chi connectivity index (χ3v) is 4.76. The zero-order valence-corrected chi connectivity index (χ0v) is 17.0. The number of benzene rings is 2. The Morgan fingerprint density at radius 3 is 1.18 bits per heavy atom. The van der Waals surface area contributed by atoms with Crippen LogP contribution < -0.4 is 28.4 Å². The summed E-state index contributed by atoms with van der Waals surface area (Å²) in [4.78, 5) is 0. The summed E-state index contributed by atoms with van der Waals surface area (Å²) >= 11 is 0. The number of hydrogen-bond donors (Lipinski definition) is 0. The van der Waals surface area contributed by atoms with Gasteiger partial charge in [0.05, 0.1) is 42.7 Å². The van der Waals surface area contributed by atoms with Gasteiger partial charge in [0.1, 0.15) is 0 Å². The molecule has 6 heteroatoms. The smallest absolute Gasteiger partial charge is 0.203 e. The van der Waals surface area contributed by atoms with Gasteiger partial charge in [-0.2, -0.15) is 0 Å². The van der Waals surface area contributed by atoms with Gasteiger partial charge in [-0.3, -0.25) is 0 Å². The maximum atomic E-state index is 5.78. The molecule has 2 aromatic rings. The van der Waals surface area contributed by atoms with Crippen molar-refractivity contribution in [3.05, 3.63) is 35.4 Å². The Bertz CT molecular complexity index is 827. The van der Waals surface area contributed by atoms with Crippen LogP contribution in [0.1, 0.15) is 11.1 Å². The van der Waals surface area contributed by atoms with E-state index in [-0.39, 0.29) is 0 Å². The van der Waals surface area contributed by atoms with Crippen molar-refractivity contribution in [2.45, 2.75) is 12.8 Å². The molecule has 148 valence electrons. The Hall–Kier alpha value is -3.02. The Balaban J connectivity index is 2.49. The Labute approximate surface area is 165 Å². The molecule has 0 unspecified atom stereocenters. The summed E-state index contributed by atoms with van der Waals surface area (Å²) in [6, 6.07) is 3.85. The first-order valence-corrected chi connectivity index (χ1v) is 8.74. The van der Waals surface area contributed by atoms with Gasteiger partial charge in [-0.25, -0.2) is 0 Å². The maximum Gasteiger partial charge on any atom is 0.203 e. The summed E-state index contributed by atoms with van der Waals surface area (Å²) in [5.74, 6) is 3.32. The van der Waals surface area contributed by atoms with Crippen LogP contribution in [0.3, 0.4) is 0 Å². The molecular formula is C22H24O6. The van der Waals surface area contributed by atoms with Gasteiger partial charge in [0.2, 0.25) is 11.5 Å². The summed E-state index contributed by atoms with van der Waals surface area (Å²) in [6.45, 7) is 0. The molecule has 0 spiro atoms. The molecule has 2 radical (unpaired) electrons. The predicted octanol–water partition coefficient (Wildman–Crippen LogP) is 3.67. The average molecular weight is 384 g/mol. The summed E-state index contributed by atoms with van der Waals surface area (Å²) in [5, 5.41) is 0. The van der Waals surface area contributed by atoms with E-state index in [4.69, 9.17) is 28.4 Å². The van der Waals surface area contributed by atoms with Crippen molar-refractivity contribution >= 4 is 0 Å². The lowest BCUT2D eigenvalue weighted by Crippen LogP contribution is -2.07. The molecule has 0 aromatic heterocycles. The summed E-state index contributed by atoms with van der Waals surface area (Å²) in [7, 11) is 9.58. The quantitative estimate of drug-likeness (QED) is 0.758. The third-order valence-electron chi connectivity index (χ3n) is 4.76. The fourth-order valence-electron chi connectivity index (χ4n) is 3.56. The highest BCUT2D eigenvalue weighted by atomic mass is 16.5. The van der Waals surface area contributed by atoms with Crippen LogP contribution in [0.4, 0.5) is 0 Å². The Morgan fingerprint density at radius 1 is 0.536 bits per heavy atom. The number of rotatable bonds is 6. The number of hydrogen-bond acceptors (Lipinski definition) is 6. The van der Waals surface area contributed by atoms with E-state index in [1.807, 2.05) is 12.1 Å². The van der Waals surface area contributed by atoms with Crippen LogP contribution in [-0.2, 0) is 12.8 Å². The van der Waals surface area contributed by atoms with Crippen molar-refractivity contribution in [1.29, 1.82) is 0 Å². The van der Waals surface area contributed by atoms with Crippen LogP contribution in [0.5, 0.6) is 34.5 Å². The number of ether oxygens (including phenoxy) is 6. The molecule has 3 rings (SSSR count). The minimum atomic E-state index is 0.514. The van der Waals surface area contributed by atoms with Crippen molar-refractivity contribution in [2.24, 2.45) is 0 Å². The van der Waals surface area contributed by atoms with Crippen LogP contribution in [0.25, 0.3) is 11.1 Å². The van der Waals surface area contributed by atoms with Gasteiger partial charge in [0.25, 0.3) is 0 Å². The molecule has 28 heavy (non-hydrogen) atoms. The fourth-order valence-corrected chi connectivity index (χ4v) is 3.56. The molecule has 6 nitrogen and oxygen atoms in total. The summed E-state index contributed by atoms with van der Waals surface area (Å²) in [5.41, 5.74) is 3.60. The zero-order valence-electron chi connectivity index (χ0n) is 17.0. The minimum absolute atomic E-state index is 0.514. The molecule has 0 atom stereocenters. The molecule has 0 N–H and O–H groups in total. The first-order valence-electron chi connectivity index (χ1n) is 8.74. The molecule has 0 amide bonds. The molecule has 1 aliphatic rings. The Morgan fingerprint density at radius 2 is 0.893 bits per heavy atom. The number of fused-ring (bicyclic) bond motifs is 3. The highest BCUT2D eigenvalue weighted by molar-refractivity contribution is 5.88. The van der Waals surface area contributed by atoms with E-state index in [1.54, 1.807) is 42.7 Å². The van der Waals surface area contributed by atoms with Crippen molar-refractivity contribution < 1.29 is 28.4 Å². The molecule has 0 heterocycles. The zero-order chi connectivity index (χ0) is 20.3. The molecule has 0 aliphatic heterocycles. The minimum Gasteiger partial charge on any atom is -0.493 e. The first-order chi connectivity index (χ1) is 13.6. The molecule has 2 aromatic carbocycles. The second-order valence-corrected chi connectivity index (χ2v) is 6.07. The molecule has 0 bridgehead atoms. The number of allylic oxidation sites excluding steroid dienone is 2. The highest BCUT2D eigenvalue weighted by Gasteiger charge is 2.29. The standard InChI is InChI=1S/C22H24O6/c1-23-15-11-13-9-7-8-10-14-12-16(24-2)20(26-4)22(28-6)18(14)17(13)21(27-5)19(15)25-3/h11-12H,9-10H2,1-6H3. The van der Waals surface area contributed by atoms with Crippen LogP contribution in [-0.4, -0.2) is 42.7 Å². The van der Waals surface area contributed by atoms with Crippen molar-refractivity contribution in [3.63, 3.8) is 0 Å². The van der Waals surface area contributed by atoms with E-state index < -0.39 is 0 Å². The summed E-state index contributed by atoms with van der Waals surface area (Å²) in [6.07, 6.45) is 7.52.